The van der Waals surface area contributed by atoms with Gasteiger partial charge in [-0.25, -0.2) is 0 Å². The summed E-state index contributed by atoms with van der Waals surface area (Å²) in [4.78, 5) is 0. The van der Waals surface area contributed by atoms with Crippen molar-refractivity contribution < 1.29 is 26.7 Å². The van der Waals surface area contributed by atoms with Crippen LogP contribution in [0.2, 0.25) is 0 Å². The molecule has 1 aromatic heterocycles. The summed E-state index contributed by atoms with van der Waals surface area (Å²) in [5, 5.41) is 14.8. The molecule has 1 fully saturated rings. The lowest BCUT2D eigenvalue weighted by Gasteiger charge is -2.32. The van der Waals surface area contributed by atoms with Crippen molar-refractivity contribution in [1.82, 2.24) is 15.5 Å². The van der Waals surface area contributed by atoms with Gasteiger partial charge < -0.3 is 24.6 Å². The highest BCUT2D eigenvalue weighted by Gasteiger charge is 2.31. The van der Waals surface area contributed by atoms with Gasteiger partial charge in [0.1, 0.15) is 0 Å². The highest BCUT2D eigenvalue weighted by atomic mass is 32.2. The van der Waals surface area contributed by atoms with Crippen molar-refractivity contribution in [1.29, 1.82) is 0 Å². The lowest BCUT2D eigenvalue weighted by Crippen LogP contribution is -2.49. The molecule has 0 amide bonds. The number of benzene rings is 1. The molecule has 2 aromatic rings. The van der Waals surface area contributed by atoms with Crippen LogP contribution in [0.5, 0.6) is 0 Å². The zero-order valence-electron chi connectivity index (χ0n) is 16.2. The van der Waals surface area contributed by atoms with Crippen molar-refractivity contribution in [3.8, 4) is 11.3 Å². The molecule has 0 aliphatic carbocycles. The standard InChI is InChI=1S/C18H22F3N5O3S/c1-10-7-13(24-25-17(10)23-15-9-22-6-5-16(15)29-2)12-4-3-11(18(19,20)21)8-14(12)26-30(27)28/h3-4,7-8,15-16,22,26H,5-6,9H2,1-2H3,(H,23,25)(H,27,28)/p-1/t15-,16+/m0/s1. The molecular formula is C18H21F3N5O3S-. The Morgan fingerprint density at radius 1 is 1.30 bits per heavy atom. The average molecular weight is 444 g/mol. The number of aromatic nitrogens is 2. The summed E-state index contributed by atoms with van der Waals surface area (Å²) in [5.74, 6) is 0.517. The smallest absolute Gasteiger partial charge is 0.416 e. The van der Waals surface area contributed by atoms with Crippen molar-refractivity contribution in [2.45, 2.75) is 31.7 Å². The molecule has 1 aromatic carbocycles. The second-order valence-electron chi connectivity index (χ2n) is 6.87. The first kappa shape index (κ1) is 22.4. The van der Waals surface area contributed by atoms with Gasteiger partial charge >= 0.3 is 6.18 Å². The van der Waals surface area contributed by atoms with Gasteiger partial charge in [-0.15, -0.1) is 10.2 Å². The van der Waals surface area contributed by atoms with Crippen molar-refractivity contribution in [3.63, 3.8) is 0 Å². The van der Waals surface area contributed by atoms with E-state index >= 15 is 0 Å². The number of alkyl halides is 3. The molecule has 1 aliphatic heterocycles. The Labute approximate surface area is 174 Å². The van der Waals surface area contributed by atoms with E-state index in [0.29, 0.717) is 17.9 Å². The predicted octanol–water partition coefficient (Wildman–Crippen LogP) is 2.47. The summed E-state index contributed by atoms with van der Waals surface area (Å²) >= 11 is -2.80. The highest BCUT2D eigenvalue weighted by Crippen LogP contribution is 2.36. The van der Waals surface area contributed by atoms with E-state index in [2.05, 4.69) is 20.8 Å². The first-order chi connectivity index (χ1) is 14.2. The van der Waals surface area contributed by atoms with Crippen LogP contribution >= 0.6 is 0 Å². The number of nitrogens with one attached hydrogen (secondary N) is 3. The van der Waals surface area contributed by atoms with Gasteiger partial charge in [-0.2, -0.15) is 13.2 Å². The van der Waals surface area contributed by atoms with Gasteiger partial charge in [0.25, 0.3) is 0 Å². The molecule has 1 saturated heterocycles. The summed E-state index contributed by atoms with van der Waals surface area (Å²) in [7, 11) is 1.64. The normalized spacial score (nSPS) is 20.6. The number of ether oxygens (including phenoxy) is 1. The molecule has 1 aliphatic rings. The summed E-state index contributed by atoms with van der Waals surface area (Å²) in [5.41, 5.74) is -0.0798. The van der Waals surface area contributed by atoms with Gasteiger partial charge in [0.15, 0.2) is 5.82 Å². The van der Waals surface area contributed by atoms with Gasteiger partial charge in [-0.05, 0) is 43.7 Å². The summed E-state index contributed by atoms with van der Waals surface area (Å²) in [6, 6.07) is 4.38. The monoisotopic (exact) mass is 444 g/mol. The molecule has 12 heteroatoms. The van der Waals surface area contributed by atoms with Crippen LogP contribution in [0.25, 0.3) is 11.3 Å². The fourth-order valence-electron chi connectivity index (χ4n) is 3.31. The molecule has 0 radical (unpaired) electrons. The molecule has 2 heterocycles. The lowest BCUT2D eigenvalue weighted by molar-refractivity contribution is -0.137. The maximum Gasteiger partial charge on any atom is 0.416 e. The zero-order valence-corrected chi connectivity index (χ0v) is 17.1. The predicted molar refractivity (Wildman–Crippen MR) is 105 cm³/mol. The number of nitrogens with zero attached hydrogens (tertiary/aromatic N) is 2. The van der Waals surface area contributed by atoms with Crippen LogP contribution in [0.3, 0.4) is 0 Å². The maximum absolute atomic E-state index is 13.0. The minimum absolute atomic E-state index is 0.00451. The summed E-state index contributed by atoms with van der Waals surface area (Å²) in [6.45, 7) is 3.32. The van der Waals surface area contributed by atoms with E-state index in [-0.39, 0.29) is 29.1 Å². The van der Waals surface area contributed by atoms with Crippen LogP contribution in [-0.2, 0) is 22.2 Å². The average Bonchev–Trinajstić information content (AvgIpc) is 2.69. The fourth-order valence-corrected chi connectivity index (χ4v) is 3.66. The Morgan fingerprint density at radius 3 is 2.70 bits per heavy atom. The molecule has 30 heavy (non-hydrogen) atoms. The SMILES string of the molecule is CO[C@@H]1CCNC[C@@H]1Nc1nnc(-c2ccc(C(F)(F)F)cc2NS(=O)[O-])cc1C. The number of methoxy groups -OCH3 is 1. The van der Waals surface area contributed by atoms with Crippen LogP contribution in [-0.4, -0.2) is 51.3 Å². The van der Waals surface area contributed by atoms with Crippen LogP contribution in [0.15, 0.2) is 24.3 Å². The molecule has 0 saturated carbocycles. The molecular weight excluding hydrogens is 423 g/mol. The van der Waals surface area contributed by atoms with E-state index in [0.717, 1.165) is 25.1 Å². The molecule has 164 valence electrons. The summed E-state index contributed by atoms with van der Waals surface area (Å²) < 4.78 is 68.6. The molecule has 3 atom stereocenters. The van der Waals surface area contributed by atoms with E-state index < -0.39 is 23.0 Å². The number of aryl methyl sites for hydroxylation is 1. The van der Waals surface area contributed by atoms with Crippen molar-refractivity contribution in [2.75, 3.05) is 30.2 Å². The van der Waals surface area contributed by atoms with Crippen molar-refractivity contribution >= 4 is 22.8 Å². The Balaban J connectivity index is 1.91. The van der Waals surface area contributed by atoms with E-state index in [1.807, 2.05) is 4.72 Å². The highest BCUT2D eigenvalue weighted by molar-refractivity contribution is 7.80. The van der Waals surface area contributed by atoms with Crippen molar-refractivity contribution in [3.05, 3.63) is 35.4 Å². The Hall–Kier alpha value is -2.28. The van der Waals surface area contributed by atoms with E-state index in [1.54, 1.807) is 20.1 Å². The van der Waals surface area contributed by atoms with Crippen molar-refractivity contribution in [2.24, 2.45) is 0 Å². The third kappa shape index (κ3) is 5.25. The largest absolute Gasteiger partial charge is 0.755 e. The number of hydrogen-bond acceptors (Lipinski definition) is 7. The molecule has 1 unspecified atom stereocenters. The van der Waals surface area contributed by atoms with E-state index in [4.69, 9.17) is 4.74 Å². The van der Waals surface area contributed by atoms with Crippen LogP contribution < -0.4 is 15.4 Å². The molecule has 0 bridgehead atoms. The van der Waals surface area contributed by atoms with Gasteiger partial charge in [-0.3, -0.25) is 4.21 Å². The van der Waals surface area contributed by atoms with Gasteiger partial charge in [0.05, 0.1) is 29.1 Å². The van der Waals surface area contributed by atoms with Crippen LogP contribution in [0, 0.1) is 6.92 Å². The second kappa shape index (κ2) is 9.25. The molecule has 3 N–H and O–H groups in total. The van der Waals surface area contributed by atoms with Crippen LogP contribution in [0.4, 0.5) is 24.7 Å². The quantitative estimate of drug-likeness (QED) is 0.587. The first-order valence-electron chi connectivity index (χ1n) is 9.11. The number of hydrogen-bond donors (Lipinski definition) is 3. The minimum Gasteiger partial charge on any atom is -0.755 e. The second-order valence-corrected chi connectivity index (χ2v) is 7.55. The summed E-state index contributed by atoms with van der Waals surface area (Å²) in [6.07, 6.45) is -3.77. The molecule has 0 spiro atoms. The minimum atomic E-state index is -4.61. The fraction of sp³-hybridized carbons (Fsp3) is 0.444. The zero-order chi connectivity index (χ0) is 21.9. The molecule has 8 nitrogen and oxygen atoms in total. The first-order valence-corrected chi connectivity index (χ1v) is 10.2. The van der Waals surface area contributed by atoms with E-state index in [1.165, 1.54) is 6.07 Å². The van der Waals surface area contributed by atoms with Gasteiger partial charge in [-0.1, -0.05) is 6.07 Å². The Morgan fingerprint density at radius 2 is 2.07 bits per heavy atom. The lowest BCUT2D eigenvalue weighted by atomic mass is 10.0. The third-order valence-electron chi connectivity index (χ3n) is 4.84. The topological polar surface area (TPSA) is 111 Å². The van der Waals surface area contributed by atoms with Gasteiger partial charge in [0, 0.05) is 30.5 Å². The number of halogens is 3. The Kier molecular flexibility index (Phi) is 6.91. The van der Waals surface area contributed by atoms with Gasteiger partial charge in [0.2, 0.25) is 0 Å². The third-order valence-corrected chi connectivity index (χ3v) is 5.23. The van der Waals surface area contributed by atoms with Crippen LogP contribution in [0.1, 0.15) is 17.5 Å². The Bertz CT molecular complexity index is 928. The molecule has 3 rings (SSSR count). The number of anilines is 2. The maximum atomic E-state index is 13.0. The number of piperidine rings is 1. The van der Waals surface area contributed by atoms with E-state index in [9.17, 15) is 21.9 Å². The number of rotatable bonds is 6.